The molecule has 3 N–H and O–H groups in total. The minimum Gasteiger partial charge on any atom is -0.436 e. The van der Waals surface area contributed by atoms with Crippen LogP contribution in [0.2, 0.25) is 0 Å². The summed E-state index contributed by atoms with van der Waals surface area (Å²) in [6.07, 6.45) is 1.49. The van der Waals surface area contributed by atoms with Crippen LogP contribution in [0.4, 0.5) is 10.1 Å². The van der Waals surface area contributed by atoms with E-state index in [1.165, 1.54) is 24.4 Å². The Morgan fingerprint density at radius 3 is 2.76 bits per heavy atom. The van der Waals surface area contributed by atoms with Gasteiger partial charge in [-0.2, -0.15) is 0 Å². The van der Waals surface area contributed by atoms with Crippen molar-refractivity contribution in [1.82, 2.24) is 4.98 Å². The van der Waals surface area contributed by atoms with Crippen LogP contribution >= 0.6 is 0 Å². The van der Waals surface area contributed by atoms with Gasteiger partial charge in [-0.3, -0.25) is 9.78 Å². The molecular weight excluding hydrogens is 325 g/mol. The van der Waals surface area contributed by atoms with Gasteiger partial charge in [-0.05, 0) is 37.6 Å². The summed E-state index contributed by atoms with van der Waals surface area (Å²) < 4.78 is 19.8. The Morgan fingerprint density at radius 2 is 2.12 bits per heavy atom. The van der Waals surface area contributed by atoms with E-state index in [0.717, 1.165) is 5.56 Å². The maximum absolute atomic E-state index is 14.1. The summed E-state index contributed by atoms with van der Waals surface area (Å²) in [6.45, 7) is 3.20. The number of primary amides is 1. The Kier molecular flexibility index (Phi) is 4.33. The van der Waals surface area contributed by atoms with Gasteiger partial charge in [0.25, 0.3) is 5.91 Å². The van der Waals surface area contributed by atoms with Crippen LogP contribution < -0.4 is 11.3 Å². The molecule has 0 aliphatic rings. The largest absolute Gasteiger partial charge is 0.436 e. The topological polar surface area (TPSA) is 102 Å². The summed E-state index contributed by atoms with van der Waals surface area (Å²) >= 11 is 0. The van der Waals surface area contributed by atoms with E-state index in [1.807, 2.05) is 0 Å². The van der Waals surface area contributed by atoms with Gasteiger partial charge in [-0.25, -0.2) is 9.38 Å². The lowest BCUT2D eigenvalue weighted by atomic mass is 10.1. The number of pyridine rings is 1. The third-order valence-corrected chi connectivity index (χ3v) is 3.81. The van der Waals surface area contributed by atoms with Crippen LogP contribution in [0.3, 0.4) is 0 Å². The highest BCUT2D eigenvalue weighted by Gasteiger charge is 2.14. The van der Waals surface area contributed by atoms with E-state index in [1.54, 1.807) is 19.9 Å². The number of aliphatic hydroxyl groups excluding tert-OH is 1. The first-order valence-electron chi connectivity index (χ1n) is 7.54. The molecule has 0 saturated heterocycles. The number of hydrogen-bond acceptors (Lipinski definition) is 5. The molecule has 0 unspecified atom stereocenters. The monoisotopic (exact) mass is 341 g/mol. The highest BCUT2D eigenvalue weighted by atomic mass is 19.1. The van der Waals surface area contributed by atoms with Crippen molar-refractivity contribution in [3.8, 4) is 0 Å². The predicted molar refractivity (Wildman–Crippen MR) is 89.5 cm³/mol. The number of hydrogen-bond donors (Lipinski definition) is 2. The number of carbonyl (C=O) groups excluding carboxylic acids is 1. The molecule has 0 fully saturated rings. The molecule has 0 spiro atoms. The van der Waals surface area contributed by atoms with E-state index >= 15 is 0 Å². The smallest absolute Gasteiger partial charge is 0.254 e. The molecule has 2 heterocycles. The SMILES string of the molecule is Cc1ccc(N=c2oc3c(C)ncc(CO)c3cc2C(N)=O)c(F)c1. The first-order chi connectivity index (χ1) is 11.9. The summed E-state index contributed by atoms with van der Waals surface area (Å²) in [5, 5.41) is 9.96. The number of nitrogens with zero attached hydrogens (tertiary/aromatic N) is 2. The van der Waals surface area contributed by atoms with Gasteiger partial charge >= 0.3 is 0 Å². The molecule has 25 heavy (non-hydrogen) atoms. The van der Waals surface area contributed by atoms with Crippen LogP contribution in [0.5, 0.6) is 0 Å². The molecule has 128 valence electrons. The minimum absolute atomic E-state index is 0.00669. The third-order valence-electron chi connectivity index (χ3n) is 3.81. The number of aliphatic hydroxyl groups is 1. The van der Waals surface area contributed by atoms with Gasteiger partial charge in [0.1, 0.15) is 17.1 Å². The van der Waals surface area contributed by atoms with E-state index in [0.29, 0.717) is 22.2 Å². The van der Waals surface area contributed by atoms with Crippen molar-refractivity contribution in [2.45, 2.75) is 20.5 Å². The fourth-order valence-electron chi connectivity index (χ4n) is 2.49. The Morgan fingerprint density at radius 1 is 1.36 bits per heavy atom. The van der Waals surface area contributed by atoms with E-state index in [9.17, 15) is 14.3 Å². The maximum atomic E-state index is 14.1. The molecule has 2 aromatic heterocycles. The predicted octanol–water partition coefficient (Wildman–Crippen LogP) is 2.41. The number of aryl methyl sites for hydroxylation is 2. The lowest BCUT2D eigenvalue weighted by Crippen LogP contribution is -2.22. The number of amides is 1. The molecule has 7 heteroatoms. The Balaban J connectivity index is 2.37. The number of rotatable bonds is 3. The molecule has 6 nitrogen and oxygen atoms in total. The molecule has 1 aromatic carbocycles. The summed E-state index contributed by atoms with van der Waals surface area (Å²) in [5.41, 5.74) is 7.46. The van der Waals surface area contributed by atoms with Gasteiger partial charge in [0.05, 0.1) is 12.3 Å². The second kappa shape index (κ2) is 6.45. The summed E-state index contributed by atoms with van der Waals surface area (Å²) in [4.78, 5) is 20.1. The van der Waals surface area contributed by atoms with Gasteiger partial charge in [-0.1, -0.05) is 6.07 Å². The van der Waals surface area contributed by atoms with Crippen LogP contribution in [-0.2, 0) is 6.61 Å². The fourth-order valence-corrected chi connectivity index (χ4v) is 2.49. The molecule has 3 aromatic rings. The number of fused-ring (bicyclic) bond motifs is 1. The van der Waals surface area contributed by atoms with Crippen LogP contribution in [0.15, 0.2) is 39.9 Å². The highest BCUT2D eigenvalue weighted by Crippen LogP contribution is 2.22. The van der Waals surface area contributed by atoms with Gasteiger partial charge in [-0.15, -0.1) is 0 Å². The third kappa shape index (κ3) is 3.14. The standard InChI is InChI=1S/C18H16FN3O3/c1-9-3-4-15(14(19)5-9)22-18-13(17(20)24)6-12-11(8-23)7-21-10(2)16(12)25-18/h3-7,23H,8H2,1-2H3,(H2,20,24). The summed E-state index contributed by atoms with van der Waals surface area (Å²) in [7, 11) is 0. The lowest BCUT2D eigenvalue weighted by molar-refractivity contribution is 0.0996. The number of benzene rings is 1. The first-order valence-corrected chi connectivity index (χ1v) is 7.54. The van der Waals surface area contributed by atoms with E-state index in [-0.39, 0.29) is 23.4 Å². The molecular formula is C18H16FN3O3. The van der Waals surface area contributed by atoms with E-state index in [4.69, 9.17) is 10.2 Å². The number of halogens is 1. The fraction of sp³-hybridized carbons (Fsp3) is 0.167. The number of aromatic nitrogens is 1. The normalized spacial score (nSPS) is 11.9. The summed E-state index contributed by atoms with van der Waals surface area (Å²) in [5.74, 6) is -1.31. The van der Waals surface area contributed by atoms with Gasteiger partial charge < -0.3 is 15.3 Å². The molecule has 0 aliphatic heterocycles. The van der Waals surface area contributed by atoms with Crippen molar-refractivity contribution < 1.29 is 18.7 Å². The molecule has 3 rings (SSSR count). The van der Waals surface area contributed by atoms with Crippen LogP contribution in [-0.4, -0.2) is 16.0 Å². The van der Waals surface area contributed by atoms with Crippen molar-refractivity contribution in [2.24, 2.45) is 10.7 Å². The van der Waals surface area contributed by atoms with Crippen LogP contribution in [0.25, 0.3) is 11.0 Å². The molecule has 0 radical (unpaired) electrons. The Hall–Kier alpha value is -3.06. The Labute approximate surface area is 142 Å². The van der Waals surface area contributed by atoms with Crippen LogP contribution in [0, 0.1) is 19.7 Å². The van der Waals surface area contributed by atoms with Crippen LogP contribution in [0.1, 0.15) is 27.2 Å². The zero-order valence-electron chi connectivity index (χ0n) is 13.7. The van der Waals surface area contributed by atoms with Crippen molar-refractivity contribution in [1.29, 1.82) is 0 Å². The molecule has 0 atom stereocenters. The van der Waals surface area contributed by atoms with Gasteiger partial charge in [0, 0.05) is 17.1 Å². The number of nitrogens with two attached hydrogens (primary N) is 1. The second-order valence-corrected chi connectivity index (χ2v) is 5.67. The van der Waals surface area contributed by atoms with E-state index < -0.39 is 11.7 Å². The molecule has 0 bridgehead atoms. The zero-order valence-corrected chi connectivity index (χ0v) is 13.7. The van der Waals surface area contributed by atoms with Crippen molar-refractivity contribution in [2.75, 3.05) is 0 Å². The maximum Gasteiger partial charge on any atom is 0.254 e. The quantitative estimate of drug-likeness (QED) is 0.763. The molecule has 1 amide bonds. The first kappa shape index (κ1) is 16.8. The minimum atomic E-state index is -0.768. The van der Waals surface area contributed by atoms with Crippen molar-refractivity contribution in [3.63, 3.8) is 0 Å². The lowest BCUT2D eigenvalue weighted by Gasteiger charge is -2.07. The zero-order chi connectivity index (χ0) is 18.1. The van der Waals surface area contributed by atoms with Crippen molar-refractivity contribution in [3.05, 3.63) is 64.2 Å². The molecule has 0 aliphatic carbocycles. The summed E-state index contributed by atoms with van der Waals surface area (Å²) in [6, 6.07) is 6.00. The average molecular weight is 341 g/mol. The highest BCUT2D eigenvalue weighted by molar-refractivity contribution is 5.96. The van der Waals surface area contributed by atoms with E-state index in [2.05, 4.69) is 9.98 Å². The average Bonchev–Trinajstić information content (AvgIpc) is 2.57. The number of carbonyl (C=O) groups is 1. The molecule has 0 saturated carbocycles. The van der Waals surface area contributed by atoms with Crippen molar-refractivity contribution >= 4 is 22.6 Å². The van der Waals surface area contributed by atoms with Gasteiger partial charge in [0.2, 0.25) is 5.55 Å². The Bertz CT molecular complexity index is 1060. The second-order valence-electron chi connectivity index (χ2n) is 5.67. The van der Waals surface area contributed by atoms with Gasteiger partial charge in [0.15, 0.2) is 5.58 Å².